The van der Waals surface area contributed by atoms with Crippen molar-refractivity contribution in [2.45, 2.75) is 38.5 Å². The molecule has 0 radical (unpaired) electrons. The van der Waals surface area contributed by atoms with E-state index in [0.29, 0.717) is 11.1 Å². The van der Waals surface area contributed by atoms with Crippen LogP contribution in [0.4, 0.5) is 16.1 Å². The number of aromatic nitrogens is 1. The van der Waals surface area contributed by atoms with Crippen molar-refractivity contribution in [3.05, 3.63) is 122 Å². The van der Waals surface area contributed by atoms with Crippen LogP contribution in [0.3, 0.4) is 0 Å². The molecule has 5 heteroatoms. The molecule has 0 saturated heterocycles. The van der Waals surface area contributed by atoms with Crippen molar-refractivity contribution < 1.29 is 9.59 Å². The second-order valence-corrected chi connectivity index (χ2v) is 14.2. The Balaban J connectivity index is 1.42. The monoisotopic (exact) mass is 586 g/mol. The van der Waals surface area contributed by atoms with Crippen LogP contribution in [-0.2, 0) is 10.8 Å². The molecule has 0 fully saturated rings. The molecule has 1 aliphatic carbocycles. The molecule has 2 aliphatic heterocycles. The van der Waals surface area contributed by atoms with Crippen molar-refractivity contribution in [2.24, 2.45) is 0 Å². The zero-order valence-corrected chi connectivity index (χ0v) is 24.4. The Hall–Kier alpha value is -4.05. The van der Waals surface area contributed by atoms with Gasteiger partial charge >= 0.3 is 239 Å². The third-order valence-electron chi connectivity index (χ3n) is 9.02. The van der Waals surface area contributed by atoms with Crippen LogP contribution in [0.1, 0.15) is 75.1 Å². The summed E-state index contributed by atoms with van der Waals surface area (Å²) in [6.07, 6.45) is 3.74. The maximum absolute atomic E-state index is 13.2. The van der Waals surface area contributed by atoms with E-state index in [1.54, 1.807) is 12.1 Å². The third-order valence-corrected chi connectivity index (χ3v) is 11.3. The van der Waals surface area contributed by atoms with E-state index < -0.39 is 0 Å². The molecule has 8 rings (SSSR count). The fourth-order valence-corrected chi connectivity index (χ4v) is 9.62. The van der Waals surface area contributed by atoms with Crippen LogP contribution in [0.25, 0.3) is 16.8 Å². The minimum absolute atomic E-state index is 0.119. The van der Waals surface area contributed by atoms with Crippen LogP contribution in [0.2, 0.25) is 0 Å². The number of nitrogens with zero attached hydrogens (tertiary/aromatic N) is 2. The Kier molecular flexibility index (Phi) is 4.63. The summed E-state index contributed by atoms with van der Waals surface area (Å²) in [6.45, 7) is 9.23. The van der Waals surface area contributed by atoms with Gasteiger partial charge in [-0.1, -0.05) is 0 Å². The average molecular weight is 586 g/mol. The molecule has 0 amide bonds. The fraction of sp³-hybridized carbons (Fsp3) is 0.171. The van der Waals surface area contributed by atoms with Gasteiger partial charge in [-0.05, 0) is 0 Å². The van der Waals surface area contributed by atoms with Crippen molar-refractivity contribution in [1.29, 1.82) is 0 Å². The molecule has 0 N–H and O–H groups in total. The van der Waals surface area contributed by atoms with E-state index in [1.807, 2.05) is 30.5 Å². The van der Waals surface area contributed by atoms with E-state index in [0.717, 1.165) is 10.3 Å². The molecule has 0 bridgehead atoms. The predicted molar refractivity (Wildman–Crippen MR) is 161 cm³/mol. The number of benzene rings is 3. The van der Waals surface area contributed by atoms with E-state index in [9.17, 15) is 9.59 Å². The second-order valence-electron chi connectivity index (χ2n) is 12.0. The first-order valence-electron chi connectivity index (χ1n) is 13.6. The van der Waals surface area contributed by atoms with Crippen LogP contribution in [0.5, 0.6) is 0 Å². The number of Topliss-reactive ketones (excluding diaryl/α,β-unsaturated/α-hetero) is 2. The topological polar surface area (TPSA) is 50.3 Å². The molecule has 194 valence electrons. The molecule has 4 heterocycles. The Labute approximate surface area is 238 Å². The summed E-state index contributed by atoms with van der Waals surface area (Å²) in [6, 6.07) is 24.6. The van der Waals surface area contributed by atoms with E-state index in [2.05, 4.69) is 75.1 Å². The van der Waals surface area contributed by atoms with Gasteiger partial charge in [-0.2, -0.15) is 0 Å². The van der Waals surface area contributed by atoms with Crippen molar-refractivity contribution in [3.8, 4) is 0 Å². The summed E-state index contributed by atoms with van der Waals surface area (Å²) < 4.78 is 2.27. The van der Waals surface area contributed by atoms with Gasteiger partial charge in [-0.3, -0.25) is 0 Å². The summed E-state index contributed by atoms with van der Waals surface area (Å²) in [4.78, 5) is 33.8. The maximum atomic E-state index is 13.2. The number of anilines is 3. The number of hydrogen-bond acceptors (Lipinski definition) is 4. The first-order valence-corrected chi connectivity index (χ1v) is 15.3. The second kappa shape index (κ2) is 7.78. The fourth-order valence-electron chi connectivity index (χ4n) is 6.96. The summed E-state index contributed by atoms with van der Waals surface area (Å²) >= 11 is -0.119. The van der Waals surface area contributed by atoms with Gasteiger partial charge in [0.15, 0.2) is 0 Å². The van der Waals surface area contributed by atoms with Crippen molar-refractivity contribution >= 4 is 59.0 Å². The SMILES string of the molecule is CC1(C)c2cccnc2N2c3[se]c(C=C4C(=O)c5ccccc5C4=O)cc3C(C)(C)c3c2c1cc1ccccc31. The average Bonchev–Trinajstić information content (AvgIpc) is 3.48. The number of carbonyl (C=O) groups is 2. The molecular weight excluding hydrogens is 559 g/mol. The normalized spacial score (nSPS) is 17.4. The van der Waals surface area contributed by atoms with Crippen molar-refractivity contribution in [2.75, 3.05) is 4.90 Å². The predicted octanol–water partition coefficient (Wildman–Crippen LogP) is 7.50. The van der Waals surface area contributed by atoms with E-state index in [1.165, 1.54) is 43.3 Å². The number of rotatable bonds is 1. The van der Waals surface area contributed by atoms with Crippen LogP contribution in [0, 0.1) is 0 Å². The van der Waals surface area contributed by atoms with Crippen LogP contribution >= 0.6 is 0 Å². The molecule has 2 aromatic heterocycles. The van der Waals surface area contributed by atoms with E-state index in [-0.39, 0.29) is 42.5 Å². The molecular formula is C35H26N2O2Se. The molecule has 0 spiro atoms. The number of fused-ring (bicyclic) bond motifs is 7. The molecule has 3 aliphatic rings. The van der Waals surface area contributed by atoms with Gasteiger partial charge in [0.2, 0.25) is 0 Å². The van der Waals surface area contributed by atoms with Gasteiger partial charge in [0, 0.05) is 0 Å². The minimum atomic E-state index is -0.284. The third kappa shape index (κ3) is 2.89. The first kappa shape index (κ1) is 23.8. The summed E-state index contributed by atoms with van der Waals surface area (Å²) in [7, 11) is 0. The van der Waals surface area contributed by atoms with Gasteiger partial charge in [0.1, 0.15) is 0 Å². The molecule has 3 aromatic carbocycles. The van der Waals surface area contributed by atoms with Gasteiger partial charge < -0.3 is 0 Å². The quantitative estimate of drug-likeness (QED) is 0.116. The first-order chi connectivity index (χ1) is 19.2. The Morgan fingerprint density at radius 2 is 1.48 bits per heavy atom. The molecule has 5 aromatic rings. The molecule has 40 heavy (non-hydrogen) atoms. The molecule has 0 unspecified atom stereocenters. The summed E-state index contributed by atoms with van der Waals surface area (Å²) in [5.41, 5.74) is 7.07. The Morgan fingerprint density at radius 3 is 2.23 bits per heavy atom. The van der Waals surface area contributed by atoms with Crippen LogP contribution < -0.4 is 4.90 Å². The van der Waals surface area contributed by atoms with Crippen LogP contribution in [-0.4, -0.2) is 31.1 Å². The van der Waals surface area contributed by atoms with Crippen molar-refractivity contribution in [3.63, 3.8) is 0 Å². The zero-order valence-electron chi connectivity index (χ0n) is 22.7. The number of ketones is 2. The summed E-state index contributed by atoms with van der Waals surface area (Å²) in [5, 5.41) is 2.49. The molecule has 4 nitrogen and oxygen atoms in total. The van der Waals surface area contributed by atoms with Gasteiger partial charge in [0.25, 0.3) is 0 Å². The number of hydrogen-bond donors (Lipinski definition) is 0. The Bertz CT molecular complexity index is 1970. The molecule has 0 atom stereocenters. The van der Waals surface area contributed by atoms with E-state index in [4.69, 9.17) is 4.98 Å². The van der Waals surface area contributed by atoms with Crippen molar-refractivity contribution in [1.82, 2.24) is 4.98 Å². The van der Waals surface area contributed by atoms with Gasteiger partial charge in [0.05, 0.1) is 0 Å². The number of pyridine rings is 1. The summed E-state index contributed by atoms with van der Waals surface area (Å²) in [5.74, 6) is 0.624. The van der Waals surface area contributed by atoms with Gasteiger partial charge in [-0.25, -0.2) is 0 Å². The standard InChI is InChI=1S/C35H26N2O2Se/c1-34(2)25-14-9-15-36-32(25)37-29-26(34)16-19-10-5-6-11-21(19)28(29)35(3,4)27-18-20(40-33(27)37)17-24-30(38)22-12-7-8-13-23(22)31(24)39/h5-18H,1-4H3. The van der Waals surface area contributed by atoms with E-state index >= 15 is 0 Å². The number of allylic oxidation sites excluding steroid dienone is 1. The molecule has 0 saturated carbocycles. The number of carbonyl (C=O) groups excluding carboxylic acids is 2. The zero-order chi connectivity index (χ0) is 27.6. The Morgan fingerprint density at radius 1 is 0.775 bits per heavy atom. The van der Waals surface area contributed by atoms with Crippen LogP contribution in [0.15, 0.2) is 84.6 Å². The van der Waals surface area contributed by atoms with Gasteiger partial charge in [-0.15, -0.1) is 0 Å².